The van der Waals surface area contributed by atoms with Gasteiger partial charge >= 0.3 is 0 Å². The largest absolute Gasteiger partial charge is 0.493 e. The summed E-state index contributed by atoms with van der Waals surface area (Å²) >= 11 is 1.29. The first kappa shape index (κ1) is 24.3. The van der Waals surface area contributed by atoms with Gasteiger partial charge in [0.2, 0.25) is 11.8 Å². The number of ether oxygens (including phenoxy) is 2. The van der Waals surface area contributed by atoms with Gasteiger partial charge in [-0.15, -0.1) is 0 Å². The van der Waals surface area contributed by atoms with Gasteiger partial charge in [0.05, 0.1) is 19.9 Å². The number of nitrogens with zero attached hydrogens (tertiary/aromatic N) is 2. The molecule has 35 heavy (non-hydrogen) atoms. The van der Waals surface area contributed by atoms with Crippen LogP contribution in [0.2, 0.25) is 0 Å². The van der Waals surface area contributed by atoms with Gasteiger partial charge in [-0.25, -0.2) is 4.90 Å². The lowest BCUT2D eigenvalue weighted by atomic mass is 10.1. The molecule has 180 valence electrons. The molecule has 1 aliphatic heterocycles. The van der Waals surface area contributed by atoms with Crippen molar-refractivity contribution in [2.24, 2.45) is 4.99 Å². The number of nitrogens with one attached hydrogen (secondary N) is 1. The van der Waals surface area contributed by atoms with Gasteiger partial charge in [-0.1, -0.05) is 54.2 Å². The van der Waals surface area contributed by atoms with Crippen molar-refractivity contribution >= 4 is 40.1 Å². The van der Waals surface area contributed by atoms with Crippen LogP contribution in [0.1, 0.15) is 12.0 Å². The quantitative estimate of drug-likeness (QED) is 0.279. The van der Waals surface area contributed by atoms with Gasteiger partial charge in [0.15, 0.2) is 16.7 Å². The molecular formula is C27H27N3O4S. The summed E-state index contributed by atoms with van der Waals surface area (Å²) in [5.41, 5.74) is 2.51. The maximum absolute atomic E-state index is 13.1. The zero-order chi connectivity index (χ0) is 24.6. The Labute approximate surface area is 209 Å². The molecule has 0 saturated carbocycles. The van der Waals surface area contributed by atoms with Gasteiger partial charge in [-0.05, 0) is 48.4 Å². The predicted molar refractivity (Wildman–Crippen MR) is 141 cm³/mol. The lowest BCUT2D eigenvalue weighted by molar-refractivity contribution is -0.121. The van der Waals surface area contributed by atoms with E-state index in [4.69, 9.17) is 14.5 Å². The number of hydrogen-bond donors (Lipinski definition) is 1. The standard InChI is InChI=1S/C27H27N3O4S/c1-33-22-14-13-19(17-23(22)34-2)15-16-28-27(29-20-9-5-3-6-10-20)35-24-18-25(31)30(26(24)32)21-11-7-4-8-12-21/h3-14,17,24H,15-16,18H2,1-2H3,(H,28,29)/t24-/m1/s1. The van der Waals surface area contributed by atoms with Crippen molar-refractivity contribution in [3.8, 4) is 11.5 Å². The molecule has 1 fully saturated rings. The van der Waals surface area contributed by atoms with Crippen LogP contribution in [-0.4, -0.2) is 43.0 Å². The van der Waals surface area contributed by atoms with Crippen LogP contribution >= 0.6 is 11.8 Å². The maximum atomic E-state index is 13.1. The number of hydrogen-bond acceptors (Lipinski definition) is 6. The summed E-state index contributed by atoms with van der Waals surface area (Å²) in [4.78, 5) is 31.8. The molecule has 0 aromatic heterocycles. The molecule has 1 heterocycles. The molecule has 1 saturated heterocycles. The molecule has 3 aromatic rings. The van der Waals surface area contributed by atoms with Crippen LogP contribution < -0.4 is 19.7 Å². The number of rotatable bonds is 8. The third-order valence-electron chi connectivity index (χ3n) is 5.50. The number of amides is 2. The Morgan fingerprint density at radius 1 is 0.971 bits per heavy atom. The van der Waals surface area contributed by atoms with Gasteiger partial charge < -0.3 is 14.8 Å². The minimum Gasteiger partial charge on any atom is -0.493 e. The Morgan fingerprint density at radius 2 is 1.66 bits per heavy atom. The number of anilines is 2. The maximum Gasteiger partial charge on any atom is 0.247 e. The molecule has 0 aliphatic carbocycles. The summed E-state index contributed by atoms with van der Waals surface area (Å²) in [5.74, 6) is 0.910. The Bertz CT molecular complexity index is 1200. The van der Waals surface area contributed by atoms with E-state index in [1.165, 1.54) is 16.7 Å². The normalized spacial score (nSPS) is 15.9. The van der Waals surface area contributed by atoms with Crippen molar-refractivity contribution in [1.82, 2.24) is 0 Å². The SMILES string of the molecule is COc1ccc(CCN=C(Nc2ccccc2)S[C@@H]2CC(=O)N(c3ccccc3)C2=O)cc1OC. The highest BCUT2D eigenvalue weighted by Crippen LogP contribution is 2.31. The van der Waals surface area contributed by atoms with Gasteiger partial charge in [-0.2, -0.15) is 0 Å². The van der Waals surface area contributed by atoms with Crippen molar-refractivity contribution in [3.05, 3.63) is 84.4 Å². The first-order valence-electron chi connectivity index (χ1n) is 11.2. The fourth-order valence-electron chi connectivity index (χ4n) is 3.75. The number of thioether (sulfide) groups is 1. The highest BCUT2D eigenvalue weighted by atomic mass is 32.2. The number of methoxy groups -OCH3 is 2. The average Bonchev–Trinajstić information content (AvgIpc) is 3.17. The van der Waals surface area contributed by atoms with Crippen LogP contribution in [0.25, 0.3) is 0 Å². The second-order valence-electron chi connectivity index (χ2n) is 7.83. The van der Waals surface area contributed by atoms with E-state index in [2.05, 4.69) is 5.32 Å². The van der Waals surface area contributed by atoms with Crippen molar-refractivity contribution in [1.29, 1.82) is 0 Å². The Kier molecular flexibility index (Phi) is 8.05. The van der Waals surface area contributed by atoms with Crippen molar-refractivity contribution in [2.45, 2.75) is 18.1 Å². The average molecular weight is 490 g/mol. The molecule has 0 bridgehead atoms. The molecule has 8 heteroatoms. The van der Waals surface area contributed by atoms with Crippen molar-refractivity contribution in [3.63, 3.8) is 0 Å². The van der Waals surface area contributed by atoms with E-state index in [0.29, 0.717) is 35.3 Å². The van der Waals surface area contributed by atoms with E-state index in [0.717, 1.165) is 11.3 Å². The fourth-order valence-corrected chi connectivity index (χ4v) is 4.80. The summed E-state index contributed by atoms with van der Waals surface area (Å²) in [5, 5.41) is 3.36. The number of benzene rings is 3. The van der Waals surface area contributed by atoms with Crippen molar-refractivity contribution in [2.75, 3.05) is 31.0 Å². The summed E-state index contributed by atoms with van der Waals surface area (Å²) in [7, 11) is 3.21. The monoisotopic (exact) mass is 489 g/mol. The summed E-state index contributed by atoms with van der Waals surface area (Å²) in [6.45, 7) is 0.495. The Balaban J connectivity index is 1.49. The summed E-state index contributed by atoms with van der Waals surface area (Å²) in [6.07, 6.45) is 0.804. The molecule has 0 unspecified atom stereocenters. The molecule has 0 spiro atoms. The number of carbonyl (C=O) groups excluding carboxylic acids is 2. The molecule has 1 aliphatic rings. The van der Waals surface area contributed by atoms with Crippen LogP contribution in [0.3, 0.4) is 0 Å². The summed E-state index contributed by atoms with van der Waals surface area (Å²) < 4.78 is 10.7. The van der Waals surface area contributed by atoms with Crippen LogP contribution in [0.15, 0.2) is 83.9 Å². The third-order valence-corrected chi connectivity index (χ3v) is 6.61. The lowest BCUT2D eigenvalue weighted by Crippen LogP contribution is -2.31. The highest BCUT2D eigenvalue weighted by Gasteiger charge is 2.40. The minimum atomic E-state index is -0.543. The van der Waals surface area contributed by atoms with E-state index < -0.39 is 5.25 Å². The van der Waals surface area contributed by atoms with Crippen LogP contribution in [0.5, 0.6) is 11.5 Å². The zero-order valence-corrected chi connectivity index (χ0v) is 20.5. The number of carbonyl (C=O) groups is 2. The second kappa shape index (κ2) is 11.6. The molecule has 7 nitrogen and oxygen atoms in total. The van der Waals surface area contributed by atoms with Gasteiger partial charge in [0.1, 0.15) is 5.25 Å². The van der Waals surface area contributed by atoms with Crippen LogP contribution in [0.4, 0.5) is 11.4 Å². The molecule has 1 atom stereocenters. The van der Waals surface area contributed by atoms with Gasteiger partial charge in [-0.3, -0.25) is 14.6 Å². The van der Waals surface area contributed by atoms with Crippen LogP contribution in [-0.2, 0) is 16.0 Å². The Hall–Kier alpha value is -3.78. The van der Waals surface area contributed by atoms with Gasteiger partial charge in [0, 0.05) is 18.7 Å². The smallest absolute Gasteiger partial charge is 0.247 e. The first-order chi connectivity index (χ1) is 17.1. The van der Waals surface area contributed by atoms with E-state index >= 15 is 0 Å². The topological polar surface area (TPSA) is 80.2 Å². The number of para-hydroxylation sites is 2. The molecule has 4 rings (SSSR count). The van der Waals surface area contributed by atoms with E-state index in [1.54, 1.807) is 26.4 Å². The fraction of sp³-hybridized carbons (Fsp3) is 0.222. The van der Waals surface area contributed by atoms with Gasteiger partial charge in [0.25, 0.3) is 0 Å². The van der Waals surface area contributed by atoms with E-state index in [1.807, 2.05) is 66.7 Å². The number of imide groups is 1. The van der Waals surface area contributed by atoms with Crippen LogP contribution in [0, 0.1) is 0 Å². The van der Waals surface area contributed by atoms with E-state index in [9.17, 15) is 9.59 Å². The molecule has 0 radical (unpaired) electrons. The molecule has 1 N–H and O–H groups in total. The Morgan fingerprint density at radius 3 is 2.34 bits per heavy atom. The highest BCUT2D eigenvalue weighted by molar-refractivity contribution is 8.15. The lowest BCUT2D eigenvalue weighted by Gasteiger charge is -2.16. The first-order valence-corrected chi connectivity index (χ1v) is 12.1. The summed E-state index contributed by atoms with van der Waals surface area (Å²) in [6, 6.07) is 24.5. The zero-order valence-electron chi connectivity index (χ0n) is 19.6. The molecule has 3 aromatic carbocycles. The number of aliphatic imine (C=N–C) groups is 1. The number of amidine groups is 1. The minimum absolute atomic E-state index is 0.129. The predicted octanol–water partition coefficient (Wildman–Crippen LogP) is 4.78. The third kappa shape index (κ3) is 6.02. The molecular weight excluding hydrogens is 462 g/mol. The second-order valence-corrected chi connectivity index (χ2v) is 9.02. The van der Waals surface area contributed by atoms with Crippen molar-refractivity contribution < 1.29 is 19.1 Å². The molecule has 2 amide bonds. The van der Waals surface area contributed by atoms with E-state index in [-0.39, 0.29) is 18.2 Å².